The molecule has 0 fully saturated rings. The van der Waals surface area contributed by atoms with Gasteiger partial charge in [0.05, 0.1) is 0 Å². The molecule has 1 rings (SSSR count). The van der Waals surface area contributed by atoms with Gasteiger partial charge >= 0.3 is 0 Å². The van der Waals surface area contributed by atoms with Crippen LogP contribution in [0.5, 0.6) is 0 Å². The van der Waals surface area contributed by atoms with Crippen molar-refractivity contribution in [1.82, 2.24) is 5.32 Å². The molecule has 1 aromatic carbocycles. The van der Waals surface area contributed by atoms with E-state index in [1.807, 2.05) is 0 Å². The van der Waals surface area contributed by atoms with Crippen molar-refractivity contribution in [2.75, 3.05) is 7.05 Å². The van der Waals surface area contributed by atoms with E-state index in [1.54, 1.807) is 19.2 Å². The standard InChI is InChI=1S/C8H7BrFNS/c1-11-8(12)6-4-5(9)2-3-7(6)10/h2-4H,1H3,(H,11,12). The third-order valence-electron chi connectivity index (χ3n) is 1.40. The molecular formula is C8H7BrFNS. The summed E-state index contributed by atoms with van der Waals surface area (Å²) >= 11 is 8.14. The van der Waals surface area contributed by atoms with Crippen LogP contribution >= 0.6 is 28.1 Å². The third kappa shape index (κ3) is 2.01. The van der Waals surface area contributed by atoms with E-state index < -0.39 is 0 Å². The lowest BCUT2D eigenvalue weighted by Crippen LogP contribution is -2.17. The minimum Gasteiger partial charge on any atom is -0.379 e. The fourth-order valence-electron chi connectivity index (χ4n) is 0.806. The van der Waals surface area contributed by atoms with Gasteiger partial charge in [0.25, 0.3) is 0 Å². The predicted molar refractivity (Wildman–Crippen MR) is 54.9 cm³/mol. The van der Waals surface area contributed by atoms with Gasteiger partial charge in [-0.25, -0.2) is 4.39 Å². The zero-order valence-electron chi connectivity index (χ0n) is 6.40. The largest absolute Gasteiger partial charge is 0.379 e. The predicted octanol–water partition coefficient (Wildman–Crippen LogP) is 2.48. The van der Waals surface area contributed by atoms with Crippen molar-refractivity contribution < 1.29 is 4.39 Å². The van der Waals surface area contributed by atoms with E-state index in [0.717, 1.165) is 4.47 Å². The summed E-state index contributed by atoms with van der Waals surface area (Å²) in [5.74, 6) is -0.308. The Labute approximate surface area is 84.1 Å². The van der Waals surface area contributed by atoms with E-state index in [4.69, 9.17) is 12.2 Å². The minimum absolute atomic E-state index is 0.308. The molecule has 0 heterocycles. The lowest BCUT2D eigenvalue weighted by atomic mass is 10.2. The molecule has 4 heteroatoms. The topological polar surface area (TPSA) is 12.0 Å². The van der Waals surface area contributed by atoms with Crippen LogP contribution in [0.3, 0.4) is 0 Å². The van der Waals surface area contributed by atoms with Crippen LogP contribution in [0, 0.1) is 5.82 Å². The van der Waals surface area contributed by atoms with Gasteiger partial charge in [-0.15, -0.1) is 0 Å². The van der Waals surface area contributed by atoms with Crippen molar-refractivity contribution in [3.63, 3.8) is 0 Å². The Morgan fingerprint density at radius 3 is 2.83 bits per heavy atom. The van der Waals surface area contributed by atoms with E-state index in [1.165, 1.54) is 6.07 Å². The summed E-state index contributed by atoms with van der Waals surface area (Å²) in [4.78, 5) is 0.411. The molecule has 12 heavy (non-hydrogen) atoms. The number of hydrogen-bond acceptors (Lipinski definition) is 1. The molecule has 0 atom stereocenters. The summed E-state index contributed by atoms with van der Waals surface area (Å²) < 4.78 is 13.9. The highest BCUT2D eigenvalue weighted by Gasteiger charge is 2.05. The molecule has 1 aromatic rings. The van der Waals surface area contributed by atoms with Gasteiger partial charge in [0.1, 0.15) is 10.8 Å². The Balaban J connectivity index is 3.13. The number of thiocarbonyl (C=S) groups is 1. The van der Waals surface area contributed by atoms with Crippen molar-refractivity contribution in [3.8, 4) is 0 Å². The molecule has 1 nitrogen and oxygen atoms in total. The van der Waals surface area contributed by atoms with Gasteiger partial charge in [-0.1, -0.05) is 28.1 Å². The molecule has 0 unspecified atom stereocenters. The van der Waals surface area contributed by atoms with E-state index in [0.29, 0.717) is 10.6 Å². The first-order chi connectivity index (χ1) is 5.65. The number of halogens is 2. The molecule has 0 spiro atoms. The molecule has 0 amide bonds. The summed E-state index contributed by atoms with van der Waals surface area (Å²) in [5, 5.41) is 2.72. The Hall–Kier alpha value is -0.480. The lowest BCUT2D eigenvalue weighted by Gasteiger charge is -2.04. The van der Waals surface area contributed by atoms with E-state index in [-0.39, 0.29) is 5.82 Å². The van der Waals surface area contributed by atoms with Crippen LogP contribution in [0.15, 0.2) is 22.7 Å². The van der Waals surface area contributed by atoms with Crippen LogP contribution in [-0.4, -0.2) is 12.0 Å². The average Bonchev–Trinajstić information content (AvgIpc) is 2.08. The second kappa shape index (κ2) is 3.96. The molecular weight excluding hydrogens is 241 g/mol. The quantitative estimate of drug-likeness (QED) is 0.766. The van der Waals surface area contributed by atoms with Gasteiger partial charge in [-0.05, 0) is 18.2 Å². The van der Waals surface area contributed by atoms with Crippen molar-refractivity contribution in [1.29, 1.82) is 0 Å². The van der Waals surface area contributed by atoms with Crippen LogP contribution in [0.1, 0.15) is 5.56 Å². The molecule has 1 N–H and O–H groups in total. The highest BCUT2D eigenvalue weighted by Crippen LogP contribution is 2.15. The van der Waals surface area contributed by atoms with Gasteiger partial charge in [-0.2, -0.15) is 0 Å². The molecule has 64 valence electrons. The van der Waals surface area contributed by atoms with Gasteiger partial charge in [-0.3, -0.25) is 0 Å². The van der Waals surface area contributed by atoms with Crippen LogP contribution in [0.25, 0.3) is 0 Å². The Kier molecular flexibility index (Phi) is 3.17. The molecule has 0 bridgehead atoms. The van der Waals surface area contributed by atoms with Crippen LogP contribution in [0.2, 0.25) is 0 Å². The molecule has 0 aliphatic carbocycles. The van der Waals surface area contributed by atoms with Crippen molar-refractivity contribution in [3.05, 3.63) is 34.1 Å². The molecule has 0 aromatic heterocycles. The maximum Gasteiger partial charge on any atom is 0.133 e. The summed E-state index contributed by atoms with van der Waals surface area (Å²) in [6, 6.07) is 4.66. The van der Waals surface area contributed by atoms with Crippen molar-refractivity contribution >= 4 is 33.1 Å². The number of benzene rings is 1. The van der Waals surface area contributed by atoms with Crippen LogP contribution < -0.4 is 5.32 Å². The zero-order chi connectivity index (χ0) is 9.14. The fraction of sp³-hybridized carbons (Fsp3) is 0.125. The highest BCUT2D eigenvalue weighted by atomic mass is 79.9. The minimum atomic E-state index is -0.308. The zero-order valence-corrected chi connectivity index (χ0v) is 8.80. The first-order valence-electron chi connectivity index (χ1n) is 3.32. The Morgan fingerprint density at radius 1 is 1.58 bits per heavy atom. The number of hydrogen-bond donors (Lipinski definition) is 1. The summed E-state index contributed by atoms with van der Waals surface area (Å²) in [5.41, 5.74) is 0.418. The summed E-state index contributed by atoms with van der Waals surface area (Å²) in [7, 11) is 1.67. The summed E-state index contributed by atoms with van der Waals surface area (Å²) in [6.07, 6.45) is 0. The number of rotatable bonds is 1. The van der Waals surface area contributed by atoms with Gasteiger partial charge < -0.3 is 5.32 Å². The lowest BCUT2D eigenvalue weighted by molar-refractivity contribution is 0.624. The average molecular weight is 248 g/mol. The van der Waals surface area contributed by atoms with E-state index >= 15 is 0 Å². The van der Waals surface area contributed by atoms with Crippen molar-refractivity contribution in [2.45, 2.75) is 0 Å². The maximum absolute atomic E-state index is 13.1. The fourth-order valence-corrected chi connectivity index (χ4v) is 1.32. The molecule has 0 saturated carbocycles. The second-order valence-electron chi connectivity index (χ2n) is 2.20. The first kappa shape index (κ1) is 9.61. The normalized spacial score (nSPS) is 9.58. The molecule has 0 radical (unpaired) electrons. The SMILES string of the molecule is CNC(=S)c1cc(Br)ccc1F. The van der Waals surface area contributed by atoms with Gasteiger partial charge in [0, 0.05) is 17.1 Å². The van der Waals surface area contributed by atoms with Gasteiger partial charge in [0.2, 0.25) is 0 Å². The molecule has 0 aliphatic heterocycles. The van der Waals surface area contributed by atoms with Crippen LogP contribution in [0.4, 0.5) is 4.39 Å². The summed E-state index contributed by atoms with van der Waals surface area (Å²) in [6.45, 7) is 0. The van der Waals surface area contributed by atoms with Crippen molar-refractivity contribution in [2.24, 2.45) is 0 Å². The van der Waals surface area contributed by atoms with Gasteiger partial charge in [0.15, 0.2) is 0 Å². The van der Waals surface area contributed by atoms with E-state index in [9.17, 15) is 4.39 Å². The third-order valence-corrected chi connectivity index (χ3v) is 2.32. The first-order valence-corrected chi connectivity index (χ1v) is 4.52. The molecule has 0 saturated heterocycles. The second-order valence-corrected chi connectivity index (χ2v) is 3.53. The Morgan fingerprint density at radius 2 is 2.25 bits per heavy atom. The maximum atomic E-state index is 13.1. The smallest absolute Gasteiger partial charge is 0.133 e. The van der Waals surface area contributed by atoms with Crippen LogP contribution in [-0.2, 0) is 0 Å². The number of nitrogens with one attached hydrogen (secondary N) is 1. The Bertz CT molecular complexity index is 314. The monoisotopic (exact) mass is 247 g/mol. The molecule has 0 aliphatic rings. The highest BCUT2D eigenvalue weighted by molar-refractivity contribution is 9.10. The van der Waals surface area contributed by atoms with E-state index in [2.05, 4.69) is 21.2 Å².